The van der Waals surface area contributed by atoms with Gasteiger partial charge in [0.25, 0.3) is 5.91 Å². The van der Waals surface area contributed by atoms with E-state index >= 15 is 0 Å². The Kier molecular flexibility index (Phi) is 5.08. The van der Waals surface area contributed by atoms with Crippen molar-refractivity contribution in [3.8, 4) is 11.1 Å². The van der Waals surface area contributed by atoms with Gasteiger partial charge in [-0.05, 0) is 67.5 Å². The second kappa shape index (κ2) is 8.07. The van der Waals surface area contributed by atoms with Crippen LogP contribution >= 0.6 is 0 Å². The zero-order valence-corrected chi connectivity index (χ0v) is 18.2. The number of nitrogens with two attached hydrogens (primary N) is 1. The molecule has 1 amide bonds. The van der Waals surface area contributed by atoms with Crippen LogP contribution in [-0.4, -0.2) is 41.3 Å². The molecular formula is C23H26N8O. The number of nitrogens with one attached hydrogen (secondary N) is 1. The van der Waals surface area contributed by atoms with Crippen LogP contribution in [0.15, 0.2) is 43.0 Å². The minimum atomic E-state index is -0.212. The van der Waals surface area contributed by atoms with Gasteiger partial charge in [-0.3, -0.25) is 14.5 Å². The molecule has 0 aromatic carbocycles. The molecule has 0 saturated heterocycles. The number of nitrogens with zero attached hydrogens (tertiary/aromatic N) is 6. The number of carbonyl (C=O) groups is 1. The number of anilines is 1. The van der Waals surface area contributed by atoms with Gasteiger partial charge >= 0.3 is 0 Å². The molecule has 9 heteroatoms. The molecule has 1 aliphatic carbocycles. The van der Waals surface area contributed by atoms with Gasteiger partial charge in [-0.25, -0.2) is 4.52 Å². The van der Waals surface area contributed by atoms with Crippen LogP contribution in [0.4, 0.5) is 5.95 Å². The Morgan fingerprint density at radius 3 is 3.03 bits per heavy atom. The predicted octanol–water partition coefficient (Wildman–Crippen LogP) is 3.02. The second-order valence-corrected chi connectivity index (χ2v) is 8.34. The van der Waals surface area contributed by atoms with E-state index in [-0.39, 0.29) is 23.9 Å². The molecule has 0 aliphatic heterocycles. The van der Waals surface area contributed by atoms with E-state index in [9.17, 15) is 4.79 Å². The zero-order valence-electron chi connectivity index (χ0n) is 18.2. The topological polar surface area (TPSA) is 116 Å². The van der Waals surface area contributed by atoms with Crippen LogP contribution in [0.5, 0.6) is 0 Å². The van der Waals surface area contributed by atoms with Crippen LogP contribution in [0, 0.1) is 0 Å². The maximum atomic E-state index is 12.9. The monoisotopic (exact) mass is 430 g/mol. The molecule has 3 N–H and O–H groups in total. The maximum Gasteiger partial charge on any atom is 0.270 e. The first-order valence-electron chi connectivity index (χ1n) is 11.0. The number of fused-ring (bicyclic) bond motifs is 2. The van der Waals surface area contributed by atoms with E-state index < -0.39 is 0 Å². The molecule has 4 aromatic rings. The molecule has 9 nitrogen and oxygen atoms in total. The Labute approximate surface area is 185 Å². The average Bonchev–Trinajstić information content (AvgIpc) is 3.44. The lowest BCUT2D eigenvalue weighted by Crippen LogP contribution is -2.33. The van der Waals surface area contributed by atoms with E-state index in [1.807, 2.05) is 55.4 Å². The molecule has 0 fully saturated rings. The summed E-state index contributed by atoms with van der Waals surface area (Å²) in [6.45, 7) is 3.99. The van der Waals surface area contributed by atoms with Crippen molar-refractivity contribution in [2.45, 2.75) is 51.6 Å². The molecule has 5 rings (SSSR count). The SMILES string of the molecule is CC[C@H](C)NC(=O)c1cc(-c2cnn(C3CCCc4ccncc43)c2)cc2nc(N)nn12. The number of amides is 1. The molecular weight excluding hydrogens is 404 g/mol. The van der Waals surface area contributed by atoms with Gasteiger partial charge in [0, 0.05) is 30.2 Å². The van der Waals surface area contributed by atoms with Gasteiger partial charge in [-0.1, -0.05) is 6.92 Å². The Morgan fingerprint density at radius 1 is 1.31 bits per heavy atom. The number of pyridine rings is 2. The summed E-state index contributed by atoms with van der Waals surface area (Å²) in [6, 6.07) is 5.99. The Balaban J connectivity index is 1.54. The molecule has 0 radical (unpaired) electrons. The highest BCUT2D eigenvalue weighted by molar-refractivity contribution is 5.95. The second-order valence-electron chi connectivity index (χ2n) is 8.34. The van der Waals surface area contributed by atoms with Gasteiger partial charge in [0.1, 0.15) is 5.69 Å². The Bertz CT molecular complexity index is 1290. The van der Waals surface area contributed by atoms with Gasteiger partial charge in [0.15, 0.2) is 5.65 Å². The summed E-state index contributed by atoms with van der Waals surface area (Å²) in [5.74, 6) is -0.0856. The number of aromatic nitrogens is 6. The van der Waals surface area contributed by atoms with Gasteiger partial charge in [-0.15, -0.1) is 5.10 Å². The van der Waals surface area contributed by atoms with Crippen molar-refractivity contribution in [3.05, 3.63) is 59.8 Å². The summed E-state index contributed by atoms with van der Waals surface area (Å²) in [7, 11) is 0. The highest BCUT2D eigenvalue weighted by Crippen LogP contribution is 2.33. The lowest BCUT2D eigenvalue weighted by molar-refractivity contribution is 0.0932. The normalized spacial score (nSPS) is 16.6. The summed E-state index contributed by atoms with van der Waals surface area (Å²) in [6.07, 6.45) is 11.7. The van der Waals surface area contributed by atoms with E-state index in [0.29, 0.717) is 11.3 Å². The minimum absolute atomic E-state index is 0.0461. The van der Waals surface area contributed by atoms with Crippen LogP contribution in [0.2, 0.25) is 0 Å². The summed E-state index contributed by atoms with van der Waals surface area (Å²) in [4.78, 5) is 21.5. The van der Waals surface area contributed by atoms with Crippen molar-refractivity contribution in [3.63, 3.8) is 0 Å². The summed E-state index contributed by atoms with van der Waals surface area (Å²) in [5.41, 5.74) is 11.0. The zero-order chi connectivity index (χ0) is 22.2. The fourth-order valence-electron chi connectivity index (χ4n) is 4.27. The highest BCUT2D eigenvalue weighted by Gasteiger charge is 2.23. The Morgan fingerprint density at radius 2 is 2.19 bits per heavy atom. The molecule has 2 atom stereocenters. The molecule has 0 spiro atoms. The first-order valence-corrected chi connectivity index (χ1v) is 11.0. The number of hydrogen-bond acceptors (Lipinski definition) is 6. The summed E-state index contributed by atoms with van der Waals surface area (Å²) >= 11 is 0. The number of rotatable bonds is 5. The van der Waals surface area contributed by atoms with Crippen molar-refractivity contribution in [1.82, 2.24) is 34.7 Å². The van der Waals surface area contributed by atoms with E-state index in [2.05, 4.69) is 31.5 Å². The van der Waals surface area contributed by atoms with Crippen LogP contribution in [0.25, 0.3) is 16.8 Å². The largest absolute Gasteiger partial charge is 0.366 e. The fourth-order valence-corrected chi connectivity index (χ4v) is 4.27. The molecule has 0 saturated carbocycles. The lowest BCUT2D eigenvalue weighted by Gasteiger charge is -2.25. The van der Waals surface area contributed by atoms with E-state index in [4.69, 9.17) is 5.73 Å². The lowest BCUT2D eigenvalue weighted by atomic mass is 9.89. The summed E-state index contributed by atoms with van der Waals surface area (Å²) in [5, 5.41) is 11.9. The van der Waals surface area contributed by atoms with Crippen molar-refractivity contribution in [2.24, 2.45) is 0 Å². The van der Waals surface area contributed by atoms with E-state index in [1.165, 1.54) is 15.6 Å². The third-order valence-electron chi connectivity index (χ3n) is 6.16. The third-order valence-corrected chi connectivity index (χ3v) is 6.16. The minimum Gasteiger partial charge on any atom is -0.366 e. The van der Waals surface area contributed by atoms with Gasteiger partial charge < -0.3 is 11.1 Å². The van der Waals surface area contributed by atoms with Crippen molar-refractivity contribution in [2.75, 3.05) is 5.73 Å². The van der Waals surface area contributed by atoms with Crippen LogP contribution in [0.1, 0.15) is 60.8 Å². The van der Waals surface area contributed by atoms with E-state index in [0.717, 1.165) is 36.8 Å². The number of hydrogen-bond donors (Lipinski definition) is 2. The first kappa shape index (κ1) is 20.2. The summed E-state index contributed by atoms with van der Waals surface area (Å²) < 4.78 is 3.49. The van der Waals surface area contributed by atoms with Crippen molar-refractivity contribution in [1.29, 1.82) is 0 Å². The van der Waals surface area contributed by atoms with Gasteiger partial charge in [-0.2, -0.15) is 10.1 Å². The molecule has 1 aliphatic rings. The Hall–Kier alpha value is -3.75. The third kappa shape index (κ3) is 3.59. The molecule has 164 valence electrons. The number of carbonyl (C=O) groups excluding carboxylic acids is 1. The van der Waals surface area contributed by atoms with Crippen LogP contribution in [0.3, 0.4) is 0 Å². The molecule has 0 bridgehead atoms. The first-order chi connectivity index (χ1) is 15.5. The quantitative estimate of drug-likeness (QED) is 0.503. The van der Waals surface area contributed by atoms with Gasteiger partial charge in [0.2, 0.25) is 5.95 Å². The standard InChI is InChI=1S/C23H26N8O/c1-3-14(2)27-22(32)20-9-16(10-21-28-23(24)29-31(20)21)17-11-26-30(13-17)19-6-4-5-15-7-8-25-12-18(15)19/h7-14,19H,3-6H2,1-2H3,(H2,24,29)(H,27,32)/t14-,19?/m0/s1. The molecule has 4 heterocycles. The van der Waals surface area contributed by atoms with Crippen molar-refractivity contribution >= 4 is 17.5 Å². The smallest absolute Gasteiger partial charge is 0.270 e. The van der Waals surface area contributed by atoms with E-state index in [1.54, 1.807) is 0 Å². The van der Waals surface area contributed by atoms with Crippen molar-refractivity contribution < 1.29 is 4.79 Å². The van der Waals surface area contributed by atoms with Crippen LogP contribution < -0.4 is 11.1 Å². The highest BCUT2D eigenvalue weighted by atomic mass is 16.2. The fraction of sp³-hybridized carbons (Fsp3) is 0.348. The number of aryl methyl sites for hydroxylation is 1. The molecule has 4 aromatic heterocycles. The molecule has 1 unspecified atom stereocenters. The predicted molar refractivity (Wildman–Crippen MR) is 121 cm³/mol. The van der Waals surface area contributed by atoms with Gasteiger partial charge in [0.05, 0.1) is 12.2 Å². The average molecular weight is 431 g/mol. The van der Waals surface area contributed by atoms with Crippen LogP contribution in [-0.2, 0) is 6.42 Å². The maximum absolute atomic E-state index is 12.9. The molecule has 32 heavy (non-hydrogen) atoms. The number of nitrogen functional groups attached to an aromatic ring is 1.